The number of ether oxygens (including phenoxy) is 1. The monoisotopic (exact) mass is 202 g/mol. The lowest BCUT2D eigenvalue weighted by Gasteiger charge is -2.22. The molecule has 14 heavy (non-hydrogen) atoms. The van der Waals surface area contributed by atoms with Crippen LogP contribution in [0.25, 0.3) is 0 Å². The van der Waals surface area contributed by atoms with E-state index in [1.54, 1.807) is 0 Å². The highest BCUT2D eigenvalue weighted by atomic mass is 16.6. The first kappa shape index (κ1) is 9.38. The van der Waals surface area contributed by atoms with Gasteiger partial charge in [0.25, 0.3) is 5.91 Å². The number of carbonyl (C=O) groups is 2. The van der Waals surface area contributed by atoms with Gasteiger partial charge in [0.2, 0.25) is 5.72 Å². The van der Waals surface area contributed by atoms with E-state index in [9.17, 15) is 14.7 Å². The van der Waals surface area contributed by atoms with Gasteiger partial charge in [-0.15, -0.1) is 0 Å². The number of amides is 3. The summed E-state index contributed by atoms with van der Waals surface area (Å²) in [4.78, 5) is 22.2. The molecule has 2 aliphatic rings. The Morgan fingerprint density at radius 1 is 1.57 bits per heavy atom. The Kier molecular flexibility index (Phi) is 1.95. The Morgan fingerprint density at radius 2 is 2.29 bits per heavy atom. The van der Waals surface area contributed by atoms with E-state index in [1.165, 1.54) is 0 Å². The summed E-state index contributed by atoms with van der Waals surface area (Å²) in [6, 6.07) is -0.701. The molecule has 0 aliphatic carbocycles. The van der Waals surface area contributed by atoms with Crippen molar-refractivity contribution in [1.82, 2.24) is 10.6 Å². The van der Waals surface area contributed by atoms with Crippen LogP contribution in [0.1, 0.15) is 6.42 Å². The zero-order chi connectivity index (χ0) is 10.3. The summed E-state index contributed by atoms with van der Waals surface area (Å²) in [5.41, 5.74) is -1.70. The summed E-state index contributed by atoms with van der Waals surface area (Å²) in [5, 5.41) is 22.5. The molecular weight excluding hydrogens is 192 g/mol. The van der Waals surface area contributed by atoms with Crippen LogP contribution in [0.15, 0.2) is 0 Å². The number of hydrogen-bond donors (Lipinski definition) is 4. The molecule has 1 spiro atoms. The number of hydrogen-bond acceptors (Lipinski definition) is 5. The number of nitrogens with one attached hydrogen (secondary N) is 2. The number of aliphatic hydroxyl groups is 2. The van der Waals surface area contributed by atoms with Crippen LogP contribution in [0, 0.1) is 0 Å². The number of urea groups is 1. The van der Waals surface area contributed by atoms with Crippen molar-refractivity contribution in [2.75, 3.05) is 6.61 Å². The summed E-state index contributed by atoms with van der Waals surface area (Å²) < 4.78 is 5.11. The minimum Gasteiger partial charge on any atom is -0.394 e. The Morgan fingerprint density at radius 3 is 2.71 bits per heavy atom. The van der Waals surface area contributed by atoms with Crippen LogP contribution >= 0.6 is 0 Å². The average Bonchev–Trinajstić information content (AvgIpc) is 2.57. The van der Waals surface area contributed by atoms with Crippen molar-refractivity contribution in [3.05, 3.63) is 0 Å². The largest absolute Gasteiger partial charge is 0.394 e. The van der Waals surface area contributed by atoms with Crippen LogP contribution in [-0.4, -0.2) is 46.7 Å². The highest BCUT2D eigenvalue weighted by molar-refractivity contribution is 6.06. The molecule has 2 fully saturated rings. The minimum absolute atomic E-state index is 0.115. The third-order valence-corrected chi connectivity index (χ3v) is 2.38. The van der Waals surface area contributed by atoms with Gasteiger partial charge in [-0.3, -0.25) is 15.4 Å². The third-order valence-electron chi connectivity index (χ3n) is 2.38. The van der Waals surface area contributed by atoms with Gasteiger partial charge in [0.15, 0.2) is 0 Å². The number of aliphatic hydroxyl groups excluding tert-OH is 2. The molecule has 0 aromatic heterocycles. The fourth-order valence-electron chi connectivity index (χ4n) is 1.69. The van der Waals surface area contributed by atoms with E-state index in [-0.39, 0.29) is 13.0 Å². The van der Waals surface area contributed by atoms with Crippen molar-refractivity contribution in [1.29, 1.82) is 0 Å². The first-order chi connectivity index (χ1) is 6.58. The van der Waals surface area contributed by atoms with Gasteiger partial charge in [0.1, 0.15) is 6.10 Å². The Bertz CT molecular complexity index is 294. The quantitative estimate of drug-likeness (QED) is 0.356. The summed E-state index contributed by atoms with van der Waals surface area (Å²) >= 11 is 0. The van der Waals surface area contributed by atoms with E-state index in [0.29, 0.717) is 0 Å². The fourth-order valence-corrected chi connectivity index (χ4v) is 1.69. The molecule has 3 amide bonds. The summed E-state index contributed by atoms with van der Waals surface area (Å²) in [6.45, 7) is -0.304. The van der Waals surface area contributed by atoms with Gasteiger partial charge in [-0.25, -0.2) is 4.79 Å². The molecule has 7 heteroatoms. The molecule has 0 radical (unpaired) electrons. The van der Waals surface area contributed by atoms with Crippen molar-refractivity contribution in [2.45, 2.75) is 24.4 Å². The smallest absolute Gasteiger partial charge is 0.324 e. The van der Waals surface area contributed by atoms with E-state index in [1.807, 2.05) is 5.32 Å². The molecular formula is C7H10N2O5. The molecule has 0 saturated carbocycles. The highest BCUT2D eigenvalue weighted by Crippen LogP contribution is 2.30. The normalized spacial score (nSPS) is 41.6. The second-order valence-electron chi connectivity index (χ2n) is 3.32. The Balaban J connectivity index is 2.24. The fraction of sp³-hybridized carbons (Fsp3) is 0.714. The van der Waals surface area contributed by atoms with E-state index < -0.39 is 29.9 Å². The second kappa shape index (κ2) is 2.91. The van der Waals surface area contributed by atoms with Crippen molar-refractivity contribution >= 4 is 11.9 Å². The van der Waals surface area contributed by atoms with E-state index in [2.05, 4.69) is 5.32 Å². The molecule has 3 atom stereocenters. The molecule has 0 aromatic rings. The lowest BCUT2D eigenvalue weighted by atomic mass is 10.1. The number of rotatable bonds is 1. The van der Waals surface area contributed by atoms with E-state index in [4.69, 9.17) is 9.84 Å². The minimum atomic E-state index is -1.70. The van der Waals surface area contributed by atoms with Gasteiger partial charge in [-0.2, -0.15) is 0 Å². The van der Waals surface area contributed by atoms with Gasteiger partial charge in [-0.05, 0) is 0 Å². The van der Waals surface area contributed by atoms with Gasteiger partial charge >= 0.3 is 6.03 Å². The summed E-state index contributed by atoms with van der Waals surface area (Å²) in [7, 11) is 0. The average molecular weight is 202 g/mol. The van der Waals surface area contributed by atoms with Crippen LogP contribution in [-0.2, 0) is 9.53 Å². The maximum Gasteiger partial charge on any atom is 0.324 e. The summed E-state index contributed by atoms with van der Waals surface area (Å²) in [5.74, 6) is -0.717. The third kappa shape index (κ3) is 1.10. The van der Waals surface area contributed by atoms with E-state index in [0.717, 1.165) is 0 Å². The first-order valence-electron chi connectivity index (χ1n) is 4.19. The molecule has 78 valence electrons. The molecule has 2 rings (SSSR count). The van der Waals surface area contributed by atoms with Crippen molar-refractivity contribution < 1.29 is 24.5 Å². The summed E-state index contributed by atoms with van der Waals surface area (Å²) in [6.07, 6.45) is -1.65. The Labute approximate surface area is 79.0 Å². The maximum absolute atomic E-state index is 11.3. The van der Waals surface area contributed by atoms with Gasteiger partial charge in [-0.1, -0.05) is 0 Å². The zero-order valence-corrected chi connectivity index (χ0v) is 7.19. The predicted octanol–water partition coefficient (Wildman–Crippen LogP) is -2.34. The molecule has 0 bridgehead atoms. The predicted molar refractivity (Wildman–Crippen MR) is 42.0 cm³/mol. The standard InChI is InChI=1S/C7H10N2O5/c10-2-3-1-4(11)7(14-3)5(12)8-6(13)9-7/h3-4,10-11H,1-2H2,(H2,8,9,12,13)/t3-,4+,7-/m0/s1. The SMILES string of the molecule is O=C1NC(=O)[C@@]2(N1)O[C@H](CO)C[C@H]2O. The highest BCUT2D eigenvalue weighted by Gasteiger charge is 2.58. The van der Waals surface area contributed by atoms with Gasteiger partial charge in [0.05, 0.1) is 12.7 Å². The number of imide groups is 1. The molecule has 2 heterocycles. The zero-order valence-electron chi connectivity index (χ0n) is 7.19. The molecule has 7 nitrogen and oxygen atoms in total. The van der Waals surface area contributed by atoms with E-state index >= 15 is 0 Å². The van der Waals surface area contributed by atoms with Gasteiger partial charge < -0.3 is 14.9 Å². The number of carbonyl (C=O) groups excluding carboxylic acids is 2. The van der Waals surface area contributed by atoms with Crippen LogP contribution in [0.4, 0.5) is 4.79 Å². The van der Waals surface area contributed by atoms with Crippen LogP contribution < -0.4 is 10.6 Å². The van der Waals surface area contributed by atoms with Crippen molar-refractivity contribution in [3.8, 4) is 0 Å². The molecule has 0 aromatic carbocycles. The maximum atomic E-state index is 11.3. The first-order valence-corrected chi connectivity index (χ1v) is 4.19. The van der Waals surface area contributed by atoms with Crippen molar-refractivity contribution in [3.63, 3.8) is 0 Å². The topological polar surface area (TPSA) is 108 Å². The molecule has 4 N–H and O–H groups in total. The van der Waals surface area contributed by atoms with Crippen LogP contribution in [0.3, 0.4) is 0 Å². The molecule has 0 unspecified atom stereocenters. The van der Waals surface area contributed by atoms with Gasteiger partial charge in [0, 0.05) is 6.42 Å². The molecule has 2 saturated heterocycles. The van der Waals surface area contributed by atoms with Crippen LogP contribution in [0.2, 0.25) is 0 Å². The lowest BCUT2D eigenvalue weighted by Crippen LogP contribution is -2.54. The lowest BCUT2D eigenvalue weighted by molar-refractivity contribution is -0.153. The second-order valence-corrected chi connectivity index (χ2v) is 3.32. The molecule has 2 aliphatic heterocycles. The Hall–Kier alpha value is -1.18. The van der Waals surface area contributed by atoms with Crippen LogP contribution in [0.5, 0.6) is 0 Å². The van der Waals surface area contributed by atoms with Crippen molar-refractivity contribution in [2.24, 2.45) is 0 Å².